The van der Waals surface area contributed by atoms with Crippen LogP contribution in [0, 0.1) is 17.7 Å². The zero-order chi connectivity index (χ0) is 21.5. The molecule has 7 heteroatoms. The van der Waals surface area contributed by atoms with Gasteiger partial charge in [-0.2, -0.15) is 0 Å². The summed E-state index contributed by atoms with van der Waals surface area (Å²) < 4.78 is 18.9. The third kappa shape index (κ3) is 3.10. The Bertz CT molecular complexity index is 978. The van der Waals surface area contributed by atoms with Gasteiger partial charge < -0.3 is 4.74 Å². The van der Waals surface area contributed by atoms with E-state index in [0.717, 1.165) is 10.5 Å². The summed E-state index contributed by atoms with van der Waals surface area (Å²) in [7, 11) is 1.43. The van der Waals surface area contributed by atoms with Crippen LogP contribution < -0.4 is 5.32 Å². The summed E-state index contributed by atoms with van der Waals surface area (Å²) in [6, 6.07) is 14.4. The maximum absolute atomic E-state index is 13.5. The van der Waals surface area contributed by atoms with Crippen LogP contribution in [0.2, 0.25) is 0 Å². The number of carbonyl (C=O) groups is 3. The van der Waals surface area contributed by atoms with Gasteiger partial charge in [0.2, 0.25) is 11.8 Å². The van der Waals surface area contributed by atoms with Gasteiger partial charge in [-0.25, -0.2) is 4.39 Å². The van der Waals surface area contributed by atoms with Gasteiger partial charge in [-0.15, -0.1) is 0 Å². The fourth-order valence-corrected chi connectivity index (χ4v) is 4.70. The lowest BCUT2D eigenvalue weighted by Gasteiger charge is -2.32. The van der Waals surface area contributed by atoms with Crippen LogP contribution in [-0.2, 0) is 25.5 Å². The predicted molar refractivity (Wildman–Crippen MR) is 107 cm³/mol. The molecule has 0 radical (unpaired) electrons. The lowest BCUT2D eigenvalue weighted by atomic mass is 9.76. The number of rotatable bonds is 5. The van der Waals surface area contributed by atoms with Gasteiger partial charge >= 0.3 is 5.97 Å². The molecule has 2 amide bonds. The van der Waals surface area contributed by atoms with Crippen molar-refractivity contribution in [2.24, 2.45) is 11.8 Å². The first-order valence-corrected chi connectivity index (χ1v) is 9.94. The van der Waals surface area contributed by atoms with Crippen LogP contribution in [0.1, 0.15) is 24.1 Å². The Kier molecular flexibility index (Phi) is 5.15. The normalized spacial score (nSPS) is 28.0. The number of nitrogens with one attached hydrogen (secondary N) is 1. The summed E-state index contributed by atoms with van der Waals surface area (Å²) in [6.45, 7) is 1.85. The monoisotopic (exact) mass is 410 g/mol. The molecule has 2 aliphatic heterocycles. The molecule has 2 aromatic carbocycles. The van der Waals surface area contributed by atoms with E-state index in [4.69, 9.17) is 4.74 Å². The minimum Gasteiger partial charge on any atom is -0.465 e. The summed E-state index contributed by atoms with van der Waals surface area (Å²) in [5, 5.41) is 3.29. The summed E-state index contributed by atoms with van der Waals surface area (Å²) in [4.78, 5) is 40.5. The van der Waals surface area contributed by atoms with Gasteiger partial charge in [-0.1, -0.05) is 42.5 Å². The number of ether oxygens (including phenoxy) is 1. The number of fused-ring (bicyclic) bond motifs is 1. The van der Waals surface area contributed by atoms with Gasteiger partial charge in [0.15, 0.2) is 0 Å². The molecule has 6 nitrogen and oxygen atoms in total. The number of carbonyl (C=O) groups excluding carboxylic acids is 3. The third-order valence-electron chi connectivity index (χ3n) is 6.07. The average molecular weight is 410 g/mol. The number of hydrogen-bond donors (Lipinski definition) is 1. The van der Waals surface area contributed by atoms with Crippen molar-refractivity contribution in [1.82, 2.24) is 10.2 Å². The number of hydrogen-bond acceptors (Lipinski definition) is 5. The largest absolute Gasteiger partial charge is 0.465 e. The molecule has 0 spiro atoms. The molecule has 30 heavy (non-hydrogen) atoms. The quantitative estimate of drug-likeness (QED) is 0.605. The molecule has 1 N–H and O–H groups in total. The Morgan fingerprint density at radius 1 is 1.10 bits per heavy atom. The molecule has 2 saturated heterocycles. The van der Waals surface area contributed by atoms with Crippen molar-refractivity contribution in [3.8, 4) is 0 Å². The Labute approximate surface area is 174 Å². The number of amides is 2. The lowest BCUT2D eigenvalue weighted by molar-refractivity contribution is -0.156. The molecule has 4 rings (SSSR count). The van der Waals surface area contributed by atoms with E-state index in [1.165, 1.54) is 19.2 Å². The van der Waals surface area contributed by atoms with Crippen molar-refractivity contribution in [3.05, 3.63) is 71.5 Å². The minimum atomic E-state index is -1.40. The fraction of sp³-hybridized carbons (Fsp3) is 0.348. The van der Waals surface area contributed by atoms with E-state index < -0.39 is 41.1 Å². The van der Waals surface area contributed by atoms with E-state index in [2.05, 4.69) is 5.32 Å². The summed E-state index contributed by atoms with van der Waals surface area (Å²) in [5.74, 6) is -3.42. The smallest absolute Gasteiger partial charge is 0.327 e. The van der Waals surface area contributed by atoms with Gasteiger partial charge in [-0.3, -0.25) is 24.6 Å². The number of likely N-dealkylation sites (tertiary alicyclic amines) is 1. The fourth-order valence-electron chi connectivity index (χ4n) is 4.70. The van der Waals surface area contributed by atoms with Gasteiger partial charge in [0.1, 0.15) is 11.4 Å². The Morgan fingerprint density at radius 2 is 1.77 bits per heavy atom. The van der Waals surface area contributed by atoms with Gasteiger partial charge in [0.05, 0.1) is 18.4 Å². The first-order chi connectivity index (χ1) is 14.4. The standard InChI is InChI=1S/C23H23FN2O4/c1-3-30-22(29)23(13-14-7-5-4-6-8-14)18-17(20(27)26(2)21(18)28)19(25-23)15-9-11-16(24)12-10-15/h4-12,17-19,25H,3,13H2,1-2H3/t17-,18-,19-,23-/m0/s1. The van der Waals surface area contributed by atoms with Gasteiger partial charge in [0, 0.05) is 19.5 Å². The summed E-state index contributed by atoms with van der Waals surface area (Å²) in [5.41, 5.74) is 0.0759. The predicted octanol–water partition coefficient (Wildman–Crippen LogP) is 2.25. The highest BCUT2D eigenvalue weighted by atomic mass is 19.1. The first kappa shape index (κ1) is 20.2. The first-order valence-electron chi connectivity index (χ1n) is 9.94. The second-order valence-electron chi connectivity index (χ2n) is 7.77. The van der Waals surface area contributed by atoms with Crippen LogP contribution >= 0.6 is 0 Å². The van der Waals surface area contributed by atoms with Crippen molar-refractivity contribution < 1.29 is 23.5 Å². The molecule has 0 aliphatic carbocycles. The molecule has 2 aromatic rings. The van der Waals surface area contributed by atoms with Gasteiger partial charge in [-0.05, 0) is 30.2 Å². The molecule has 2 fully saturated rings. The van der Waals surface area contributed by atoms with Crippen molar-refractivity contribution in [2.75, 3.05) is 13.7 Å². The Hall–Kier alpha value is -3.06. The molecular formula is C23H23FN2O4. The third-order valence-corrected chi connectivity index (χ3v) is 6.07. The topological polar surface area (TPSA) is 75.7 Å². The SMILES string of the molecule is CCOC(=O)[C@@]1(Cc2ccccc2)N[C@@H](c2ccc(F)cc2)[C@H]2C(=O)N(C)C(=O)[C@H]21. The van der Waals surface area contributed by atoms with Crippen LogP contribution in [0.25, 0.3) is 0 Å². The van der Waals surface area contributed by atoms with E-state index in [0.29, 0.717) is 5.56 Å². The molecule has 0 unspecified atom stereocenters. The lowest BCUT2D eigenvalue weighted by Crippen LogP contribution is -2.57. The summed E-state index contributed by atoms with van der Waals surface area (Å²) >= 11 is 0. The van der Waals surface area contributed by atoms with Crippen molar-refractivity contribution in [2.45, 2.75) is 24.9 Å². The second-order valence-corrected chi connectivity index (χ2v) is 7.77. The molecule has 0 bridgehead atoms. The van der Waals surface area contributed by atoms with E-state index in [-0.39, 0.29) is 18.9 Å². The number of halogens is 1. The number of imide groups is 1. The van der Waals surface area contributed by atoms with E-state index in [1.807, 2.05) is 30.3 Å². The number of esters is 1. The van der Waals surface area contributed by atoms with E-state index in [1.54, 1.807) is 19.1 Å². The van der Waals surface area contributed by atoms with Crippen molar-refractivity contribution in [3.63, 3.8) is 0 Å². The van der Waals surface area contributed by atoms with E-state index in [9.17, 15) is 18.8 Å². The zero-order valence-corrected chi connectivity index (χ0v) is 16.8. The van der Waals surface area contributed by atoms with Crippen LogP contribution in [-0.4, -0.2) is 41.9 Å². The highest BCUT2D eigenvalue weighted by molar-refractivity contribution is 6.09. The highest BCUT2D eigenvalue weighted by Gasteiger charge is 2.68. The Balaban J connectivity index is 1.85. The molecule has 0 aromatic heterocycles. The number of benzene rings is 2. The van der Waals surface area contributed by atoms with Crippen LogP contribution in [0.4, 0.5) is 4.39 Å². The van der Waals surface area contributed by atoms with Crippen LogP contribution in [0.5, 0.6) is 0 Å². The van der Waals surface area contributed by atoms with Gasteiger partial charge in [0.25, 0.3) is 0 Å². The maximum atomic E-state index is 13.5. The zero-order valence-electron chi connectivity index (χ0n) is 16.8. The molecule has 156 valence electrons. The maximum Gasteiger partial charge on any atom is 0.327 e. The highest BCUT2D eigenvalue weighted by Crippen LogP contribution is 2.50. The van der Waals surface area contributed by atoms with Crippen LogP contribution in [0.15, 0.2) is 54.6 Å². The molecule has 4 atom stereocenters. The van der Waals surface area contributed by atoms with Crippen molar-refractivity contribution >= 4 is 17.8 Å². The van der Waals surface area contributed by atoms with Crippen LogP contribution in [0.3, 0.4) is 0 Å². The second kappa shape index (κ2) is 7.65. The molecular weight excluding hydrogens is 387 g/mol. The molecule has 2 aliphatic rings. The molecule has 2 heterocycles. The van der Waals surface area contributed by atoms with E-state index >= 15 is 0 Å². The Morgan fingerprint density at radius 3 is 2.40 bits per heavy atom. The van der Waals surface area contributed by atoms with Crippen molar-refractivity contribution in [1.29, 1.82) is 0 Å². The summed E-state index contributed by atoms with van der Waals surface area (Å²) in [6.07, 6.45) is 0.193. The minimum absolute atomic E-state index is 0.146. The average Bonchev–Trinajstić information content (AvgIpc) is 3.20. The number of nitrogens with zero attached hydrogens (tertiary/aromatic N) is 1. The molecule has 0 saturated carbocycles.